The number of hydrogen-bond donors (Lipinski definition) is 1. The molecule has 1 saturated heterocycles. The number of benzene rings is 2. The molecule has 3 rings (SSSR count). The van der Waals surface area contributed by atoms with Crippen molar-refractivity contribution in [3.05, 3.63) is 65.0 Å². The fourth-order valence-electron chi connectivity index (χ4n) is 3.18. The van der Waals surface area contributed by atoms with Crippen LogP contribution in [0.5, 0.6) is 0 Å². The van der Waals surface area contributed by atoms with E-state index >= 15 is 0 Å². The molecule has 1 aliphatic heterocycles. The molecule has 1 fully saturated rings. The van der Waals surface area contributed by atoms with Gasteiger partial charge in [-0.05, 0) is 73.2 Å². The summed E-state index contributed by atoms with van der Waals surface area (Å²) < 4.78 is 0. The number of aliphatic imine (C=N–C) groups is 1. The normalized spacial score (nSPS) is 15.5. The van der Waals surface area contributed by atoms with E-state index in [4.69, 9.17) is 6.57 Å². The van der Waals surface area contributed by atoms with E-state index in [1.807, 2.05) is 24.4 Å². The van der Waals surface area contributed by atoms with E-state index in [-0.39, 0.29) is 0 Å². The van der Waals surface area contributed by atoms with Gasteiger partial charge in [0.25, 0.3) is 0 Å². The summed E-state index contributed by atoms with van der Waals surface area (Å²) in [5.74, 6) is 0.710. The fraction of sp³-hybridized carbons (Fsp3) is 0.333. The predicted octanol–water partition coefficient (Wildman–Crippen LogP) is 4.63. The van der Waals surface area contributed by atoms with Crippen LogP contribution in [0.4, 0.5) is 5.69 Å². The molecule has 0 aliphatic carbocycles. The topological polar surface area (TPSA) is 28.8 Å². The van der Waals surface area contributed by atoms with E-state index < -0.39 is 0 Å². The van der Waals surface area contributed by atoms with Crippen LogP contribution in [0.2, 0.25) is 0 Å². The molecule has 0 aromatic heterocycles. The average molecular weight is 317 g/mol. The molecule has 24 heavy (non-hydrogen) atoms. The van der Waals surface area contributed by atoms with E-state index in [2.05, 4.69) is 46.3 Å². The van der Waals surface area contributed by atoms with Gasteiger partial charge in [0.1, 0.15) is 0 Å². The first-order chi connectivity index (χ1) is 11.7. The van der Waals surface area contributed by atoms with Gasteiger partial charge < -0.3 is 5.32 Å². The number of rotatable bonds is 4. The minimum absolute atomic E-state index is 0.676. The van der Waals surface area contributed by atoms with E-state index in [1.165, 1.54) is 18.4 Å². The Morgan fingerprint density at radius 3 is 2.79 bits per heavy atom. The Labute approximate surface area is 144 Å². The van der Waals surface area contributed by atoms with Crippen LogP contribution in [-0.4, -0.2) is 25.8 Å². The van der Waals surface area contributed by atoms with Crippen molar-refractivity contribution in [3.8, 4) is 11.1 Å². The van der Waals surface area contributed by atoms with Crippen molar-refractivity contribution in [3.63, 3.8) is 0 Å². The van der Waals surface area contributed by atoms with Gasteiger partial charge >= 0.3 is 0 Å². The summed E-state index contributed by atoms with van der Waals surface area (Å²) in [6.07, 6.45) is 4.44. The fourth-order valence-corrected chi connectivity index (χ4v) is 3.18. The first-order valence-electron chi connectivity index (χ1n) is 8.55. The Morgan fingerprint density at radius 2 is 2.00 bits per heavy atom. The van der Waals surface area contributed by atoms with E-state index in [9.17, 15) is 0 Å². The highest BCUT2D eigenvalue weighted by molar-refractivity contribution is 5.83. The maximum Gasteiger partial charge on any atom is 0.187 e. The smallest absolute Gasteiger partial charge is 0.187 e. The van der Waals surface area contributed by atoms with Crippen LogP contribution in [0.15, 0.2) is 47.5 Å². The molecular weight excluding hydrogens is 294 g/mol. The number of aryl methyl sites for hydroxylation is 1. The second kappa shape index (κ2) is 7.90. The number of hydrogen-bond acceptors (Lipinski definition) is 2. The number of nitrogens with one attached hydrogen (secondary N) is 1. The zero-order valence-electron chi connectivity index (χ0n) is 14.1. The summed E-state index contributed by atoms with van der Waals surface area (Å²) in [5, 5.41) is 3.39. The molecule has 0 saturated carbocycles. The molecular formula is C21H23N3. The van der Waals surface area contributed by atoms with Crippen LogP contribution in [0, 0.1) is 19.4 Å². The lowest BCUT2D eigenvalue weighted by molar-refractivity contribution is 0.383. The SMILES string of the molecule is [C-]#[N+]c1cccc(-c2cc(C)cc(C=NCC3CCNCC3)c2)c1. The predicted molar refractivity (Wildman–Crippen MR) is 101 cm³/mol. The van der Waals surface area contributed by atoms with Crippen molar-refractivity contribution in [1.29, 1.82) is 0 Å². The van der Waals surface area contributed by atoms with Gasteiger partial charge in [-0.2, -0.15) is 0 Å². The third-order valence-corrected chi connectivity index (χ3v) is 4.47. The summed E-state index contributed by atoms with van der Waals surface area (Å²) in [7, 11) is 0. The lowest BCUT2D eigenvalue weighted by Gasteiger charge is -2.20. The van der Waals surface area contributed by atoms with Crippen LogP contribution in [0.25, 0.3) is 16.0 Å². The molecule has 0 spiro atoms. The minimum Gasteiger partial charge on any atom is -0.317 e. The first kappa shape index (κ1) is 16.4. The molecule has 3 nitrogen and oxygen atoms in total. The molecule has 1 heterocycles. The van der Waals surface area contributed by atoms with Gasteiger partial charge in [0, 0.05) is 12.8 Å². The van der Waals surface area contributed by atoms with Gasteiger partial charge in [-0.15, -0.1) is 0 Å². The molecule has 1 N–H and O–H groups in total. The molecule has 1 aliphatic rings. The molecule has 0 radical (unpaired) electrons. The Morgan fingerprint density at radius 1 is 1.17 bits per heavy atom. The van der Waals surface area contributed by atoms with Crippen molar-refractivity contribution < 1.29 is 0 Å². The molecule has 122 valence electrons. The molecule has 0 bridgehead atoms. The van der Waals surface area contributed by atoms with Gasteiger partial charge in [0.15, 0.2) is 5.69 Å². The third kappa shape index (κ3) is 4.31. The van der Waals surface area contributed by atoms with Crippen molar-refractivity contribution in [2.75, 3.05) is 19.6 Å². The van der Waals surface area contributed by atoms with Crippen LogP contribution >= 0.6 is 0 Å². The van der Waals surface area contributed by atoms with Crippen LogP contribution < -0.4 is 5.32 Å². The lowest BCUT2D eigenvalue weighted by Crippen LogP contribution is -2.28. The van der Waals surface area contributed by atoms with Crippen molar-refractivity contribution in [2.24, 2.45) is 10.9 Å². The van der Waals surface area contributed by atoms with Crippen molar-refractivity contribution in [2.45, 2.75) is 19.8 Å². The maximum atomic E-state index is 7.17. The minimum atomic E-state index is 0.676. The molecule has 0 amide bonds. The van der Waals surface area contributed by atoms with Crippen LogP contribution in [0.3, 0.4) is 0 Å². The standard InChI is InChI=1S/C21H23N3/c1-16-10-18(15-24-14-17-6-8-23-9-7-17)12-20(11-16)19-4-3-5-21(13-19)22-2/h3-5,10-13,15,17,23H,6-9,14H2,1H3. The Balaban J connectivity index is 1.77. The van der Waals surface area contributed by atoms with E-state index in [0.29, 0.717) is 11.6 Å². The quantitative estimate of drug-likeness (QED) is 0.646. The Bertz CT molecular complexity index is 765. The van der Waals surface area contributed by atoms with Crippen molar-refractivity contribution >= 4 is 11.9 Å². The summed E-state index contributed by atoms with van der Waals surface area (Å²) in [6.45, 7) is 12.4. The molecule has 0 atom stereocenters. The Kier molecular flexibility index (Phi) is 5.40. The van der Waals surface area contributed by atoms with Crippen LogP contribution in [-0.2, 0) is 0 Å². The summed E-state index contributed by atoms with van der Waals surface area (Å²) >= 11 is 0. The van der Waals surface area contributed by atoms with Gasteiger partial charge in [-0.3, -0.25) is 4.99 Å². The van der Waals surface area contributed by atoms with Crippen molar-refractivity contribution in [1.82, 2.24) is 5.32 Å². The van der Waals surface area contributed by atoms with Crippen LogP contribution in [0.1, 0.15) is 24.0 Å². The van der Waals surface area contributed by atoms with E-state index in [0.717, 1.165) is 36.3 Å². The molecule has 2 aromatic rings. The van der Waals surface area contributed by atoms with Gasteiger partial charge in [-0.1, -0.05) is 30.3 Å². The average Bonchev–Trinajstić information content (AvgIpc) is 2.62. The Hall–Kier alpha value is -2.44. The third-order valence-electron chi connectivity index (χ3n) is 4.47. The molecule has 3 heteroatoms. The molecule has 2 aromatic carbocycles. The second-order valence-corrected chi connectivity index (χ2v) is 6.48. The van der Waals surface area contributed by atoms with Gasteiger partial charge in [-0.25, -0.2) is 4.85 Å². The monoisotopic (exact) mass is 317 g/mol. The van der Waals surface area contributed by atoms with Gasteiger partial charge in [0.05, 0.1) is 6.57 Å². The zero-order valence-corrected chi connectivity index (χ0v) is 14.1. The highest BCUT2D eigenvalue weighted by atomic mass is 14.9. The summed E-state index contributed by atoms with van der Waals surface area (Å²) in [5.41, 5.74) is 5.25. The lowest BCUT2D eigenvalue weighted by atomic mass is 9.98. The second-order valence-electron chi connectivity index (χ2n) is 6.48. The van der Waals surface area contributed by atoms with E-state index in [1.54, 1.807) is 0 Å². The first-order valence-corrected chi connectivity index (χ1v) is 8.55. The molecule has 0 unspecified atom stereocenters. The largest absolute Gasteiger partial charge is 0.317 e. The summed E-state index contributed by atoms with van der Waals surface area (Å²) in [6, 6.07) is 14.3. The zero-order chi connectivity index (χ0) is 16.8. The number of nitrogens with zero attached hydrogens (tertiary/aromatic N) is 2. The maximum absolute atomic E-state index is 7.17. The highest BCUT2D eigenvalue weighted by Crippen LogP contribution is 2.26. The van der Waals surface area contributed by atoms with Gasteiger partial charge in [0.2, 0.25) is 0 Å². The highest BCUT2D eigenvalue weighted by Gasteiger charge is 2.11. The summed E-state index contributed by atoms with van der Waals surface area (Å²) in [4.78, 5) is 8.20. The number of piperidine rings is 1.